The van der Waals surface area contributed by atoms with Crippen LogP contribution in [0.5, 0.6) is 0 Å². The summed E-state index contributed by atoms with van der Waals surface area (Å²) >= 11 is 0. The molecule has 29 heavy (non-hydrogen) atoms. The molecule has 1 fully saturated rings. The second-order valence-corrected chi connectivity index (χ2v) is 7.20. The Labute approximate surface area is 169 Å². The van der Waals surface area contributed by atoms with Gasteiger partial charge in [0.1, 0.15) is 0 Å². The van der Waals surface area contributed by atoms with Crippen LogP contribution < -0.4 is 10.6 Å². The Bertz CT molecular complexity index is 785. The van der Waals surface area contributed by atoms with E-state index in [1.54, 1.807) is 13.1 Å². The predicted molar refractivity (Wildman–Crippen MR) is 107 cm³/mol. The number of carbonyl (C=O) groups is 1. The van der Waals surface area contributed by atoms with Crippen LogP contribution in [0, 0.1) is 17.8 Å². The highest BCUT2D eigenvalue weighted by atomic mass is 19.4. The molecule has 5 nitrogen and oxygen atoms in total. The van der Waals surface area contributed by atoms with Crippen molar-refractivity contribution in [3.05, 3.63) is 35.4 Å². The molecule has 0 saturated carbocycles. The van der Waals surface area contributed by atoms with E-state index in [9.17, 15) is 18.0 Å². The molecule has 1 aromatic carbocycles. The number of carbonyl (C=O) groups excluding carboxylic acids is 1. The lowest BCUT2D eigenvalue weighted by Crippen LogP contribution is -2.50. The van der Waals surface area contributed by atoms with E-state index < -0.39 is 11.7 Å². The number of likely N-dealkylation sites (tertiary alicyclic amines) is 1. The first-order chi connectivity index (χ1) is 13.7. The van der Waals surface area contributed by atoms with E-state index in [0.29, 0.717) is 24.6 Å². The Morgan fingerprint density at radius 2 is 2.00 bits per heavy atom. The van der Waals surface area contributed by atoms with E-state index in [0.717, 1.165) is 25.0 Å². The Morgan fingerprint density at radius 3 is 2.59 bits per heavy atom. The third-order valence-electron chi connectivity index (χ3n) is 4.63. The number of nitrogens with zero attached hydrogens (tertiary/aromatic N) is 2. The van der Waals surface area contributed by atoms with Gasteiger partial charge in [-0.15, -0.1) is 0 Å². The van der Waals surface area contributed by atoms with Gasteiger partial charge in [-0.2, -0.15) is 13.2 Å². The SMILES string of the molecule is CN=C(NCC#Cc1cccc(C(F)(F)F)c1)NC1CCN(C(=O)C(C)C)CC1. The summed E-state index contributed by atoms with van der Waals surface area (Å²) in [6.45, 7) is 5.47. The third kappa shape index (κ3) is 7.00. The average molecular weight is 408 g/mol. The van der Waals surface area contributed by atoms with Gasteiger partial charge < -0.3 is 15.5 Å². The molecule has 158 valence electrons. The fourth-order valence-electron chi connectivity index (χ4n) is 3.04. The molecule has 0 aliphatic carbocycles. The van der Waals surface area contributed by atoms with E-state index in [2.05, 4.69) is 27.5 Å². The third-order valence-corrected chi connectivity index (χ3v) is 4.63. The van der Waals surface area contributed by atoms with E-state index in [1.165, 1.54) is 6.07 Å². The monoisotopic (exact) mass is 408 g/mol. The second-order valence-electron chi connectivity index (χ2n) is 7.20. The largest absolute Gasteiger partial charge is 0.416 e. The zero-order valence-electron chi connectivity index (χ0n) is 16.9. The van der Waals surface area contributed by atoms with Gasteiger partial charge in [0.15, 0.2) is 5.96 Å². The summed E-state index contributed by atoms with van der Waals surface area (Å²) in [4.78, 5) is 18.1. The minimum absolute atomic E-state index is 0.00402. The minimum atomic E-state index is -4.38. The maximum atomic E-state index is 12.7. The molecule has 2 N–H and O–H groups in total. The van der Waals surface area contributed by atoms with Gasteiger partial charge in [-0.05, 0) is 31.0 Å². The summed E-state index contributed by atoms with van der Waals surface area (Å²) in [5.74, 6) is 6.31. The van der Waals surface area contributed by atoms with Crippen molar-refractivity contribution in [3.8, 4) is 11.8 Å². The zero-order chi connectivity index (χ0) is 21.4. The molecule has 0 aromatic heterocycles. The maximum absolute atomic E-state index is 12.7. The summed E-state index contributed by atoms with van der Waals surface area (Å²) in [5.41, 5.74) is -0.399. The summed E-state index contributed by atoms with van der Waals surface area (Å²) in [6.07, 6.45) is -2.72. The lowest BCUT2D eigenvalue weighted by molar-refractivity contribution is -0.137. The van der Waals surface area contributed by atoms with Crippen LogP contribution in [0.4, 0.5) is 13.2 Å². The van der Waals surface area contributed by atoms with E-state index in [4.69, 9.17) is 0 Å². The molecule has 1 aromatic rings. The van der Waals surface area contributed by atoms with Gasteiger partial charge in [0.25, 0.3) is 0 Å². The van der Waals surface area contributed by atoms with Gasteiger partial charge in [0.05, 0.1) is 12.1 Å². The van der Waals surface area contributed by atoms with Crippen molar-refractivity contribution in [2.75, 3.05) is 26.7 Å². The van der Waals surface area contributed by atoms with Crippen molar-refractivity contribution < 1.29 is 18.0 Å². The molecule has 0 radical (unpaired) electrons. The number of guanidine groups is 1. The number of piperidine rings is 1. The molecule has 8 heteroatoms. The topological polar surface area (TPSA) is 56.7 Å². The standard InChI is InChI=1S/C21H27F3N4O/c1-15(2)19(29)28-12-9-18(10-13-28)27-20(25-3)26-11-5-7-16-6-4-8-17(14-16)21(22,23)24/h4,6,8,14-15,18H,9-13H2,1-3H3,(H2,25,26,27). The molecule has 1 aliphatic heterocycles. The second kappa shape index (κ2) is 10.2. The van der Waals surface area contributed by atoms with Crippen molar-refractivity contribution in [1.29, 1.82) is 0 Å². The van der Waals surface area contributed by atoms with E-state index in [-0.39, 0.29) is 24.4 Å². The van der Waals surface area contributed by atoms with E-state index >= 15 is 0 Å². The lowest BCUT2D eigenvalue weighted by Gasteiger charge is -2.34. The number of aliphatic imine (C=N–C) groups is 1. The van der Waals surface area contributed by atoms with Gasteiger partial charge >= 0.3 is 6.18 Å². The van der Waals surface area contributed by atoms with Crippen molar-refractivity contribution in [1.82, 2.24) is 15.5 Å². The fraction of sp³-hybridized carbons (Fsp3) is 0.524. The summed E-state index contributed by atoms with van der Waals surface area (Å²) in [6, 6.07) is 5.15. The summed E-state index contributed by atoms with van der Waals surface area (Å²) in [5, 5.41) is 6.35. The number of rotatable bonds is 3. The van der Waals surface area contributed by atoms with Crippen LogP contribution in [0.15, 0.2) is 29.3 Å². The van der Waals surface area contributed by atoms with E-state index in [1.807, 2.05) is 18.7 Å². The Hall–Kier alpha value is -2.69. The number of nitrogens with one attached hydrogen (secondary N) is 2. The summed E-state index contributed by atoms with van der Waals surface area (Å²) < 4.78 is 38.2. The highest BCUT2D eigenvalue weighted by Crippen LogP contribution is 2.29. The first-order valence-corrected chi connectivity index (χ1v) is 9.62. The van der Waals surface area contributed by atoms with Crippen LogP contribution in [0.2, 0.25) is 0 Å². The normalized spacial score (nSPS) is 15.7. The van der Waals surface area contributed by atoms with Crippen molar-refractivity contribution in [2.24, 2.45) is 10.9 Å². The quantitative estimate of drug-likeness (QED) is 0.459. The number of amides is 1. The molecule has 0 bridgehead atoms. The number of hydrogen-bond donors (Lipinski definition) is 2. The maximum Gasteiger partial charge on any atom is 0.416 e. The highest BCUT2D eigenvalue weighted by molar-refractivity contribution is 5.80. The van der Waals surface area contributed by atoms with Gasteiger partial charge in [0, 0.05) is 37.7 Å². The average Bonchev–Trinajstić information content (AvgIpc) is 2.69. The fourth-order valence-corrected chi connectivity index (χ4v) is 3.04. The summed E-state index contributed by atoms with van der Waals surface area (Å²) in [7, 11) is 1.65. The molecule has 1 amide bonds. The molecular formula is C21H27F3N4O. The zero-order valence-corrected chi connectivity index (χ0v) is 16.9. The van der Waals surface area contributed by atoms with Gasteiger partial charge in [-0.25, -0.2) is 0 Å². The van der Waals surface area contributed by atoms with Gasteiger partial charge in [-0.3, -0.25) is 9.79 Å². The Morgan fingerprint density at radius 1 is 1.31 bits per heavy atom. The highest BCUT2D eigenvalue weighted by Gasteiger charge is 2.30. The molecule has 1 heterocycles. The van der Waals surface area contributed by atoms with Crippen LogP contribution in [0.1, 0.15) is 37.8 Å². The van der Waals surface area contributed by atoms with Crippen molar-refractivity contribution in [3.63, 3.8) is 0 Å². The Balaban J connectivity index is 1.81. The first-order valence-electron chi connectivity index (χ1n) is 9.62. The van der Waals surface area contributed by atoms with Crippen molar-refractivity contribution >= 4 is 11.9 Å². The molecule has 0 atom stereocenters. The van der Waals surface area contributed by atoms with Crippen LogP contribution in [0.3, 0.4) is 0 Å². The van der Waals surface area contributed by atoms with Crippen LogP contribution >= 0.6 is 0 Å². The smallest absolute Gasteiger partial charge is 0.354 e. The molecule has 1 aliphatic rings. The van der Waals surface area contributed by atoms with Gasteiger partial charge in [-0.1, -0.05) is 31.8 Å². The number of benzene rings is 1. The molecule has 1 saturated heterocycles. The Kier molecular flexibility index (Phi) is 7.94. The molecule has 0 unspecified atom stereocenters. The van der Waals surface area contributed by atoms with Crippen LogP contribution in [-0.4, -0.2) is 49.5 Å². The van der Waals surface area contributed by atoms with Crippen molar-refractivity contribution in [2.45, 2.75) is 38.9 Å². The number of hydrogen-bond acceptors (Lipinski definition) is 2. The van der Waals surface area contributed by atoms with Crippen LogP contribution in [-0.2, 0) is 11.0 Å². The molecule has 0 spiro atoms. The molecule has 2 rings (SSSR count). The number of alkyl halides is 3. The minimum Gasteiger partial charge on any atom is -0.354 e. The predicted octanol–water partition coefficient (Wildman–Crippen LogP) is 2.87. The van der Waals surface area contributed by atoms with Crippen LogP contribution in [0.25, 0.3) is 0 Å². The molecular weight excluding hydrogens is 381 g/mol. The first kappa shape index (κ1) is 22.6. The number of halogens is 3. The van der Waals surface area contributed by atoms with Gasteiger partial charge in [0.2, 0.25) is 5.91 Å². The lowest BCUT2D eigenvalue weighted by atomic mass is 10.0.